The molecule has 0 saturated carbocycles. The van der Waals surface area contributed by atoms with Crippen LogP contribution < -0.4 is 0 Å². The standard InChI is InChI=1S/C22H19N/c1-17-8-12-20(13-9-17)22(2,19-6-4-3-5-7-19)21-14-10-18(16-23)11-15-21/h3-15H,1-2H3. The molecule has 0 N–H and O–H groups in total. The van der Waals surface area contributed by atoms with Gasteiger partial charge in [-0.05, 0) is 42.7 Å². The minimum absolute atomic E-state index is 0.247. The molecule has 0 aliphatic carbocycles. The lowest BCUT2D eigenvalue weighted by Gasteiger charge is -2.32. The first-order chi connectivity index (χ1) is 11.1. The van der Waals surface area contributed by atoms with Gasteiger partial charge in [-0.15, -0.1) is 0 Å². The topological polar surface area (TPSA) is 23.8 Å². The fraction of sp³-hybridized carbons (Fsp3) is 0.136. The van der Waals surface area contributed by atoms with E-state index in [-0.39, 0.29) is 5.41 Å². The van der Waals surface area contributed by atoms with E-state index in [1.165, 1.54) is 22.3 Å². The van der Waals surface area contributed by atoms with Gasteiger partial charge in [0, 0.05) is 5.41 Å². The van der Waals surface area contributed by atoms with Crippen LogP contribution in [0.15, 0.2) is 78.9 Å². The van der Waals surface area contributed by atoms with Gasteiger partial charge in [-0.1, -0.05) is 72.3 Å². The van der Waals surface area contributed by atoms with Crippen molar-refractivity contribution in [3.63, 3.8) is 0 Å². The molecule has 112 valence electrons. The summed E-state index contributed by atoms with van der Waals surface area (Å²) in [5.74, 6) is 0. The van der Waals surface area contributed by atoms with Crippen LogP contribution in [0.1, 0.15) is 34.7 Å². The Hall–Kier alpha value is -2.85. The van der Waals surface area contributed by atoms with Crippen molar-refractivity contribution in [1.82, 2.24) is 0 Å². The van der Waals surface area contributed by atoms with E-state index in [1.807, 2.05) is 18.2 Å². The highest BCUT2D eigenvalue weighted by atomic mass is 14.3. The summed E-state index contributed by atoms with van der Waals surface area (Å²) in [7, 11) is 0. The maximum atomic E-state index is 9.05. The SMILES string of the molecule is Cc1ccc(C(C)(c2ccccc2)c2ccc(C#N)cc2)cc1. The number of hydrogen-bond donors (Lipinski definition) is 0. The van der Waals surface area contributed by atoms with Gasteiger partial charge in [0.05, 0.1) is 11.6 Å². The number of hydrogen-bond acceptors (Lipinski definition) is 1. The number of nitrogens with zero attached hydrogens (tertiary/aromatic N) is 1. The van der Waals surface area contributed by atoms with E-state index in [0.29, 0.717) is 5.56 Å². The molecule has 1 atom stereocenters. The second-order valence-electron chi connectivity index (χ2n) is 6.05. The number of benzene rings is 3. The molecule has 1 nitrogen and oxygen atoms in total. The predicted molar refractivity (Wildman–Crippen MR) is 94.3 cm³/mol. The van der Waals surface area contributed by atoms with Gasteiger partial charge in [0.15, 0.2) is 0 Å². The molecule has 0 aliphatic rings. The van der Waals surface area contributed by atoms with Gasteiger partial charge < -0.3 is 0 Å². The Morgan fingerprint density at radius 2 is 1.17 bits per heavy atom. The second kappa shape index (κ2) is 6.10. The highest BCUT2D eigenvalue weighted by Gasteiger charge is 2.30. The van der Waals surface area contributed by atoms with Crippen LogP contribution in [0, 0.1) is 18.3 Å². The van der Waals surface area contributed by atoms with Crippen molar-refractivity contribution in [3.8, 4) is 6.07 Å². The maximum absolute atomic E-state index is 9.05. The van der Waals surface area contributed by atoms with Crippen LogP contribution in [-0.4, -0.2) is 0 Å². The molecule has 0 saturated heterocycles. The first-order valence-electron chi connectivity index (χ1n) is 7.78. The first kappa shape index (κ1) is 15.1. The Balaban J connectivity index is 2.21. The number of rotatable bonds is 3. The predicted octanol–water partition coefficient (Wildman–Crippen LogP) is 5.22. The third-order valence-electron chi connectivity index (χ3n) is 4.57. The summed E-state index contributed by atoms with van der Waals surface area (Å²) in [5, 5.41) is 9.05. The van der Waals surface area contributed by atoms with Gasteiger partial charge in [-0.2, -0.15) is 5.26 Å². The maximum Gasteiger partial charge on any atom is 0.0991 e. The lowest BCUT2D eigenvalue weighted by molar-refractivity contribution is 0.692. The fourth-order valence-corrected chi connectivity index (χ4v) is 3.04. The zero-order chi connectivity index (χ0) is 16.3. The monoisotopic (exact) mass is 297 g/mol. The van der Waals surface area contributed by atoms with Crippen molar-refractivity contribution in [2.24, 2.45) is 0 Å². The minimum Gasteiger partial charge on any atom is -0.192 e. The largest absolute Gasteiger partial charge is 0.192 e. The molecule has 0 amide bonds. The molecular weight excluding hydrogens is 278 g/mol. The molecule has 1 unspecified atom stereocenters. The number of aryl methyl sites for hydroxylation is 1. The molecule has 0 heterocycles. The van der Waals surface area contributed by atoms with E-state index in [2.05, 4.69) is 80.6 Å². The zero-order valence-electron chi connectivity index (χ0n) is 13.5. The van der Waals surface area contributed by atoms with E-state index in [1.54, 1.807) is 0 Å². The summed E-state index contributed by atoms with van der Waals surface area (Å²) in [5.41, 5.74) is 5.37. The molecule has 3 aromatic rings. The normalized spacial score (nSPS) is 13.1. The van der Waals surface area contributed by atoms with Crippen LogP contribution in [-0.2, 0) is 5.41 Å². The van der Waals surface area contributed by atoms with Gasteiger partial charge in [0.25, 0.3) is 0 Å². The highest BCUT2D eigenvalue weighted by molar-refractivity contribution is 5.50. The quantitative estimate of drug-likeness (QED) is 0.608. The molecule has 0 fully saturated rings. The summed E-state index contributed by atoms with van der Waals surface area (Å²) < 4.78 is 0. The lowest BCUT2D eigenvalue weighted by atomic mass is 9.71. The molecule has 3 aromatic carbocycles. The van der Waals surface area contributed by atoms with Gasteiger partial charge in [0.1, 0.15) is 0 Å². The molecule has 0 spiro atoms. The molecule has 3 rings (SSSR count). The van der Waals surface area contributed by atoms with Gasteiger partial charge >= 0.3 is 0 Å². The van der Waals surface area contributed by atoms with E-state index in [9.17, 15) is 0 Å². The van der Waals surface area contributed by atoms with Crippen molar-refractivity contribution in [1.29, 1.82) is 5.26 Å². The summed E-state index contributed by atoms with van der Waals surface area (Å²) in [6.07, 6.45) is 0. The molecule has 0 aliphatic heterocycles. The summed E-state index contributed by atoms with van der Waals surface area (Å²) in [6, 6.07) is 29.3. The van der Waals surface area contributed by atoms with Crippen LogP contribution in [0.5, 0.6) is 0 Å². The molecule has 1 heteroatoms. The van der Waals surface area contributed by atoms with E-state index in [0.717, 1.165) is 0 Å². The highest BCUT2D eigenvalue weighted by Crippen LogP contribution is 2.38. The third kappa shape index (κ3) is 2.76. The van der Waals surface area contributed by atoms with Crippen LogP contribution in [0.4, 0.5) is 0 Å². The van der Waals surface area contributed by atoms with Crippen molar-refractivity contribution in [2.75, 3.05) is 0 Å². The average Bonchev–Trinajstić information content (AvgIpc) is 2.62. The molecule has 23 heavy (non-hydrogen) atoms. The molecule has 0 bridgehead atoms. The Kier molecular flexibility index (Phi) is 4.00. The van der Waals surface area contributed by atoms with Crippen molar-refractivity contribution >= 4 is 0 Å². The summed E-state index contributed by atoms with van der Waals surface area (Å²) >= 11 is 0. The van der Waals surface area contributed by atoms with Crippen LogP contribution in [0.2, 0.25) is 0 Å². The van der Waals surface area contributed by atoms with E-state index in [4.69, 9.17) is 5.26 Å². The van der Waals surface area contributed by atoms with E-state index < -0.39 is 0 Å². The Morgan fingerprint density at radius 1 is 0.696 bits per heavy atom. The molecule has 0 aromatic heterocycles. The van der Waals surface area contributed by atoms with Gasteiger partial charge in [-0.3, -0.25) is 0 Å². The fourth-order valence-electron chi connectivity index (χ4n) is 3.04. The molecular formula is C22H19N. The molecule has 0 radical (unpaired) electrons. The smallest absolute Gasteiger partial charge is 0.0991 e. The zero-order valence-corrected chi connectivity index (χ0v) is 13.5. The van der Waals surface area contributed by atoms with Crippen LogP contribution >= 0.6 is 0 Å². The average molecular weight is 297 g/mol. The van der Waals surface area contributed by atoms with Gasteiger partial charge in [-0.25, -0.2) is 0 Å². The lowest BCUT2D eigenvalue weighted by Crippen LogP contribution is -2.25. The second-order valence-corrected chi connectivity index (χ2v) is 6.05. The van der Waals surface area contributed by atoms with E-state index >= 15 is 0 Å². The van der Waals surface area contributed by atoms with Crippen LogP contribution in [0.3, 0.4) is 0 Å². The first-order valence-corrected chi connectivity index (χ1v) is 7.78. The van der Waals surface area contributed by atoms with Crippen molar-refractivity contribution < 1.29 is 0 Å². The van der Waals surface area contributed by atoms with Gasteiger partial charge in [0.2, 0.25) is 0 Å². The Bertz CT molecular complexity index is 824. The van der Waals surface area contributed by atoms with Crippen molar-refractivity contribution in [2.45, 2.75) is 19.3 Å². The van der Waals surface area contributed by atoms with Crippen LogP contribution in [0.25, 0.3) is 0 Å². The Labute approximate surface area is 137 Å². The Morgan fingerprint density at radius 3 is 1.70 bits per heavy atom. The summed E-state index contributed by atoms with van der Waals surface area (Å²) in [6.45, 7) is 4.35. The third-order valence-corrected chi connectivity index (χ3v) is 4.57. The minimum atomic E-state index is -0.247. The number of nitriles is 1. The van der Waals surface area contributed by atoms with Crippen molar-refractivity contribution in [3.05, 3.63) is 107 Å². The summed E-state index contributed by atoms with van der Waals surface area (Å²) in [4.78, 5) is 0.